The predicted octanol–water partition coefficient (Wildman–Crippen LogP) is 5.60. The summed E-state index contributed by atoms with van der Waals surface area (Å²) in [6.07, 6.45) is 0. The van der Waals surface area contributed by atoms with E-state index in [1.807, 2.05) is 37.3 Å². The van der Waals surface area contributed by atoms with Crippen LogP contribution in [0.15, 0.2) is 91.0 Å². The minimum Gasteiger partial charge on any atom is -0.298 e. The van der Waals surface area contributed by atoms with Crippen molar-refractivity contribution >= 4 is 5.78 Å². The minimum atomic E-state index is -3.61. The van der Waals surface area contributed by atoms with Gasteiger partial charge in [-0.15, -0.1) is 0 Å². The van der Waals surface area contributed by atoms with E-state index in [4.69, 9.17) is 0 Å². The van der Waals surface area contributed by atoms with Gasteiger partial charge in [-0.2, -0.15) is 8.78 Å². The van der Waals surface area contributed by atoms with Gasteiger partial charge in [-0.1, -0.05) is 91.0 Å². The Morgan fingerprint density at radius 3 is 1.74 bits per heavy atom. The van der Waals surface area contributed by atoms with Crippen molar-refractivity contribution in [2.75, 3.05) is 0 Å². The van der Waals surface area contributed by atoms with Crippen molar-refractivity contribution in [1.29, 1.82) is 0 Å². The first-order valence-corrected chi connectivity index (χ1v) is 8.83. The molecule has 0 unspecified atom stereocenters. The summed E-state index contributed by atoms with van der Waals surface area (Å²) in [6, 6.07) is 23.6. The van der Waals surface area contributed by atoms with Crippen LogP contribution in [0.2, 0.25) is 0 Å². The lowest BCUT2D eigenvalue weighted by atomic mass is 9.92. The van der Waals surface area contributed by atoms with Crippen molar-refractivity contribution in [3.05, 3.63) is 108 Å². The smallest absolute Gasteiger partial charge is 0.298 e. The van der Waals surface area contributed by atoms with Crippen LogP contribution >= 0.6 is 0 Å². The summed E-state index contributed by atoms with van der Waals surface area (Å²) in [5.74, 6) is -4.80. The molecule has 0 heterocycles. The van der Waals surface area contributed by atoms with Gasteiger partial charge in [0.15, 0.2) is 0 Å². The Morgan fingerprint density at radius 2 is 1.22 bits per heavy atom. The fourth-order valence-electron chi connectivity index (χ4n) is 3.06. The highest BCUT2D eigenvalue weighted by atomic mass is 19.3. The molecule has 4 heteroatoms. The molecule has 0 bridgehead atoms. The third kappa shape index (κ3) is 4.29. The zero-order valence-corrected chi connectivity index (χ0v) is 15.0. The van der Waals surface area contributed by atoms with Crippen LogP contribution in [0.25, 0.3) is 0 Å². The summed E-state index contributed by atoms with van der Waals surface area (Å²) in [5, 5.41) is 2.97. The Hall–Kier alpha value is -2.85. The lowest BCUT2D eigenvalue weighted by Gasteiger charge is -2.30. The number of benzene rings is 3. The Kier molecular flexibility index (Phi) is 5.77. The average Bonchev–Trinajstić information content (AvgIpc) is 2.73. The van der Waals surface area contributed by atoms with Gasteiger partial charge in [0.2, 0.25) is 5.78 Å². The Balaban J connectivity index is 1.95. The second kappa shape index (κ2) is 8.23. The third-order valence-electron chi connectivity index (χ3n) is 4.55. The fourth-order valence-corrected chi connectivity index (χ4v) is 3.06. The third-order valence-corrected chi connectivity index (χ3v) is 4.55. The van der Waals surface area contributed by atoms with Gasteiger partial charge >= 0.3 is 5.92 Å². The highest BCUT2D eigenvalue weighted by molar-refractivity contribution is 6.01. The van der Waals surface area contributed by atoms with Gasteiger partial charge in [0.05, 0.1) is 0 Å². The van der Waals surface area contributed by atoms with Crippen LogP contribution < -0.4 is 5.32 Å². The number of hydrogen-bond donors (Lipinski definition) is 1. The SMILES string of the molecule is C[C@@H](N[C@@H](c1ccccc1)C(F)(F)C(=O)c1ccccc1)c1ccccc1. The van der Waals surface area contributed by atoms with Crippen molar-refractivity contribution in [1.82, 2.24) is 5.32 Å². The highest BCUT2D eigenvalue weighted by Gasteiger charge is 2.48. The van der Waals surface area contributed by atoms with E-state index in [1.54, 1.807) is 48.5 Å². The largest absolute Gasteiger partial charge is 0.328 e. The van der Waals surface area contributed by atoms with Crippen LogP contribution in [-0.4, -0.2) is 11.7 Å². The molecule has 3 aromatic rings. The topological polar surface area (TPSA) is 29.1 Å². The summed E-state index contributed by atoms with van der Waals surface area (Å²) in [6.45, 7) is 1.81. The van der Waals surface area contributed by atoms with E-state index in [2.05, 4.69) is 5.32 Å². The summed E-state index contributed by atoms with van der Waals surface area (Å²) in [5.41, 5.74) is 1.24. The van der Waals surface area contributed by atoms with Crippen LogP contribution in [0.4, 0.5) is 8.78 Å². The molecular weight excluding hydrogens is 344 g/mol. The van der Waals surface area contributed by atoms with Gasteiger partial charge in [-0.25, -0.2) is 0 Å². The first-order chi connectivity index (χ1) is 13.0. The lowest BCUT2D eigenvalue weighted by Crippen LogP contribution is -2.44. The van der Waals surface area contributed by atoms with E-state index in [-0.39, 0.29) is 11.6 Å². The molecular formula is C23H21F2NO. The van der Waals surface area contributed by atoms with Gasteiger partial charge in [0.1, 0.15) is 6.04 Å². The molecule has 0 amide bonds. The first kappa shape index (κ1) is 18.9. The molecule has 2 nitrogen and oxygen atoms in total. The number of hydrogen-bond acceptors (Lipinski definition) is 2. The molecule has 0 aliphatic carbocycles. The van der Waals surface area contributed by atoms with Crippen LogP contribution in [0, 0.1) is 0 Å². The summed E-state index contributed by atoms with van der Waals surface area (Å²) >= 11 is 0. The number of rotatable bonds is 7. The molecule has 0 radical (unpaired) electrons. The summed E-state index contributed by atoms with van der Waals surface area (Å²) in [7, 11) is 0. The average molecular weight is 365 g/mol. The first-order valence-electron chi connectivity index (χ1n) is 8.83. The molecule has 0 spiro atoms. The molecule has 3 aromatic carbocycles. The number of halogens is 2. The lowest BCUT2D eigenvalue weighted by molar-refractivity contribution is -0.0188. The van der Waals surface area contributed by atoms with Gasteiger partial charge in [-0.3, -0.25) is 10.1 Å². The van der Waals surface area contributed by atoms with Crippen LogP contribution in [0.1, 0.15) is 40.5 Å². The fraction of sp³-hybridized carbons (Fsp3) is 0.174. The number of ketones is 1. The molecule has 0 aliphatic rings. The van der Waals surface area contributed by atoms with Crippen LogP contribution in [-0.2, 0) is 0 Å². The Bertz CT molecular complexity index is 867. The van der Waals surface area contributed by atoms with E-state index in [9.17, 15) is 4.79 Å². The van der Waals surface area contributed by atoms with Gasteiger partial charge in [-0.05, 0) is 18.1 Å². The Morgan fingerprint density at radius 1 is 0.778 bits per heavy atom. The van der Waals surface area contributed by atoms with E-state index >= 15 is 8.78 Å². The summed E-state index contributed by atoms with van der Waals surface area (Å²) < 4.78 is 30.6. The number of Topliss-reactive ketones (excluding diaryl/α,β-unsaturated/α-hetero) is 1. The van der Waals surface area contributed by atoms with Gasteiger partial charge in [0.25, 0.3) is 0 Å². The van der Waals surface area contributed by atoms with E-state index in [0.29, 0.717) is 5.56 Å². The van der Waals surface area contributed by atoms with Gasteiger partial charge < -0.3 is 0 Å². The number of nitrogens with one attached hydrogen (secondary N) is 1. The molecule has 2 atom stereocenters. The molecule has 138 valence electrons. The van der Waals surface area contributed by atoms with E-state index < -0.39 is 17.7 Å². The van der Waals surface area contributed by atoms with Crippen LogP contribution in [0.5, 0.6) is 0 Å². The maximum absolute atomic E-state index is 15.3. The Labute approximate surface area is 157 Å². The van der Waals surface area contributed by atoms with Gasteiger partial charge in [0, 0.05) is 11.6 Å². The highest BCUT2D eigenvalue weighted by Crippen LogP contribution is 2.36. The standard InChI is InChI=1S/C23H21F2NO/c1-17(18-11-5-2-6-12-18)26-21(19-13-7-3-8-14-19)23(24,25)22(27)20-15-9-4-10-16-20/h2-17,21,26H,1H3/t17-,21+/m1/s1. The molecule has 0 saturated heterocycles. The van der Waals surface area contributed by atoms with Crippen molar-refractivity contribution in [3.63, 3.8) is 0 Å². The predicted molar refractivity (Wildman–Crippen MR) is 103 cm³/mol. The zero-order chi connectivity index (χ0) is 19.3. The number of alkyl halides is 2. The van der Waals surface area contributed by atoms with E-state index in [1.165, 1.54) is 12.1 Å². The molecule has 0 saturated carbocycles. The molecule has 0 fully saturated rings. The monoisotopic (exact) mass is 365 g/mol. The van der Waals surface area contributed by atoms with Crippen molar-refractivity contribution < 1.29 is 13.6 Å². The molecule has 0 aliphatic heterocycles. The van der Waals surface area contributed by atoms with Crippen molar-refractivity contribution in [2.24, 2.45) is 0 Å². The molecule has 3 rings (SSSR count). The minimum absolute atomic E-state index is 0.00223. The normalized spacial score (nSPS) is 13.7. The summed E-state index contributed by atoms with van der Waals surface area (Å²) in [4.78, 5) is 12.6. The van der Waals surface area contributed by atoms with Crippen LogP contribution in [0.3, 0.4) is 0 Å². The van der Waals surface area contributed by atoms with Crippen molar-refractivity contribution in [2.45, 2.75) is 24.9 Å². The second-order valence-electron chi connectivity index (χ2n) is 6.46. The maximum atomic E-state index is 15.3. The molecule has 1 N–H and O–H groups in total. The number of carbonyl (C=O) groups is 1. The molecule has 0 aromatic heterocycles. The van der Waals surface area contributed by atoms with E-state index in [0.717, 1.165) is 5.56 Å². The van der Waals surface area contributed by atoms with Crippen molar-refractivity contribution in [3.8, 4) is 0 Å². The number of carbonyl (C=O) groups excluding carboxylic acids is 1. The maximum Gasteiger partial charge on any atom is 0.328 e. The molecule has 27 heavy (non-hydrogen) atoms. The second-order valence-corrected chi connectivity index (χ2v) is 6.46. The quantitative estimate of drug-likeness (QED) is 0.553. The zero-order valence-electron chi connectivity index (χ0n) is 15.0.